The fraction of sp³-hybridized carbons (Fsp3) is 0.776. The van der Waals surface area contributed by atoms with Crippen molar-refractivity contribution in [3.8, 4) is 0 Å². The molecule has 1 unspecified atom stereocenters. The summed E-state index contributed by atoms with van der Waals surface area (Å²) in [5.41, 5.74) is 0. The molecule has 6 nitrogen and oxygen atoms in total. The van der Waals surface area contributed by atoms with Crippen molar-refractivity contribution in [1.82, 2.24) is 0 Å². The van der Waals surface area contributed by atoms with E-state index < -0.39 is 6.10 Å². The highest BCUT2D eigenvalue weighted by atomic mass is 16.6. The minimum absolute atomic E-state index is 0.0828. The lowest BCUT2D eigenvalue weighted by atomic mass is 10.1. The molecule has 0 rings (SSSR count). The molecule has 0 aliphatic heterocycles. The van der Waals surface area contributed by atoms with E-state index in [-0.39, 0.29) is 31.1 Å². The maximum atomic E-state index is 12.9. The van der Waals surface area contributed by atoms with Crippen LogP contribution in [0.5, 0.6) is 0 Å². The van der Waals surface area contributed by atoms with Gasteiger partial charge in [0.15, 0.2) is 6.10 Å². The Kier molecular flexibility index (Phi) is 58.7. The van der Waals surface area contributed by atoms with E-state index in [4.69, 9.17) is 14.2 Å². The lowest BCUT2D eigenvalue weighted by molar-refractivity contribution is -0.167. The zero-order valence-electron chi connectivity index (χ0n) is 48.4. The fourth-order valence-electron chi connectivity index (χ4n) is 8.95. The molecule has 0 aromatic rings. The van der Waals surface area contributed by atoms with Gasteiger partial charge in [-0.1, -0.05) is 261 Å². The Morgan fingerprint density at radius 1 is 0.288 bits per heavy atom. The Hall–Kier alpha value is -3.15. The predicted octanol–water partition coefficient (Wildman–Crippen LogP) is 21.3. The van der Waals surface area contributed by atoms with Crippen LogP contribution in [0.4, 0.5) is 0 Å². The molecule has 422 valence electrons. The summed E-state index contributed by atoms with van der Waals surface area (Å²) in [6.07, 6.45) is 78.9. The lowest BCUT2D eigenvalue weighted by Crippen LogP contribution is -2.30. The van der Waals surface area contributed by atoms with Gasteiger partial charge in [-0.15, -0.1) is 0 Å². The molecular formula is C67H118O6. The average molecular weight is 1020 g/mol. The summed E-state index contributed by atoms with van der Waals surface area (Å²) in [6.45, 7) is 6.54. The van der Waals surface area contributed by atoms with E-state index in [1.165, 1.54) is 186 Å². The summed E-state index contributed by atoms with van der Waals surface area (Å²) in [7, 11) is 0. The summed E-state index contributed by atoms with van der Waals surface area (Å²) in [5.74, 6) is -0.892. The molecule has 0 aromatic heterocycles. The van der Waals surface area contributed by atoms with E-state index in [0.29, 0.717) is 19.3 Å². The van der Waals surface area contributed by atoms with Crippen molar-refractivity contribution in [1.29, 1.82) is 0 Å². The first-order chi connectivity index (χ1) is 36.0. The summed E-state index contributed by atoms with van der Waals surface area (Å²) >= 11 is 0. The van der Waals surface area contributed by atoms with E-state index in [1.807, 2.05) is 0 Å². The lowest BCUT2D eigenvalue weighted by Gasteiger charge is -2.18. The number of hydrogen-bond acceptors (Lipinski definition) is 6. The Morgan fingerprint density at radius 2 is 0.534 bits per heavy atom. The highest BCUT2D eigenvalue weighted by molar-refractivity contribution is 5.71. The van der Waals surface area contributed by atoms with Gasteiger partial charge in [-0.05, 0) is 109 Å². The van der Waals surface area contributed by atoms with Gasteiger partial charge in [0, 0.05) is 19.3 Å². The number of carbonyl (C=O) groups is 3. The van der Waals surface area contributed by atoms with E-state index >= 15 is 0 Å². The van der Waals surface area contributed by atoms with Crippen LogP contribution in [0.15, 0.2) is 72.9 Å². The highest BCUT2D eigenvalue weighted by Crippen LogP contribution is 2.16. The number of ether oxygens (including phenoxy) is 3. The zero-order chi connectivity index (χ0) is 52.9. The monoisotopic (exact) mass is 1020 g/mol. The van der Waals surface area contributed by atoms with Crippen LogP contribution in [0.2, 0.25) is 0 Å². The summed E-state index contributed by atoms with van der Waals surface area (Å²) in [5, 5.41) is 0. The molecule has 73 heavy (non-hydrogen) atoms. The number of carbonyl (C=O) groups excluding carboxylic acids is 3. The summed E-state index contributed by atoms with van der Waals surface area (Å²) < 4.78 is 16.9. The largest absolute Gasteiger partial charge is 0.462 e. The maximum Gasteiger partial charge on any atom is 0.306 e. The first-order valence-electron chi connectivity index (χ1n) is 31.4. The highest BCUT2D eigenvalue weighted by Gasteiger charge is 2.19. The van der Waals surface area contributed by atoms with Crippen LogP contribution >= 0.6 is 0 Å². The van der Waals surface area contributed by atoms with E-state index in [2.05, 4.69) is 93.7 Å². The standard InChI is InChI=1S/C67H118O6/c1-4-7-10-13-16-19-22-25-28-31-33-36-39-42-45-48-51-54-57-60-66(69)72-63-64(62-71-65(68)59-56-53-50-47-44-41-38-35-30-27-24-21-18-15-12-9-6-3)73-67(70)61-58-55-52-49-46-43-40-37-34-32-29-26-23-20-17-14-11-8-5-2/h7,10,16,19,25,27-28,30,32-34,36,64H,4-6,8-9,11-15,17-18,20-24,26,29,31,35,37-63H2,1-3H3/b10-7-,19-16-,28-25-,30-27-,34-32-,36-33-. The van der Waals surface area contributed by atoms with Crippen molar-refractivity contribution in [2.24, 2.45) is 0 Å². The van der Waals surface area contributed by atoms with Crippen LogP contribution in [0.1, 0.15) is 316 Å². The van der Waals surface area contributed by atoms with Gasteiger partial charge >= 0.3 is 17.9 Å². The molecule has 0 saturated carbocycles. The van der Waals surface area contributed by atoms with Crippen LogP contribution in [0.25, 0.3) is 0 Å². The molecule has 0 bridgehead atoms. The molecule has 1 atom stereocenters. The molecule has 0 saturated heterocycles. The van der Waals surface area contributed by atoms with Crippen LogP contribution < -0.4 is 0 Å². The molecule has 0 spiro atoms. The molecule has 0 heterocycles. The van der Waals surface area contributed by atoms with Gasteiger partial charge in [-0.3, -0.25) is 14.4 Å². The minimum atomic E-state index is -0.787. The van der Waals surface area contributed by atoms with Crippen molar-refractivity contribution < 1.29 is 28.6 Å². The molecule has 0 amide bonds. The quantitative estimate of drug-likeness (QED) is 0.0261. The van der Waals surface area contributed by atoms with Gasteiger partial charge in [0.25, 0.3) is 0 Å². The topological polar surface area (TPSA) is 78.9 Å². The third-order valence-electron chi connectivity index (χ3n) is 13.7. The third kappa shape index (κ3) is 59.6. The normalized spacial score (nSPS) is 12.5. The van der Waals surface area contributed by atoms with Crippen molar-refractivity contribution in [3.63, 3.8) is 0 Å². The van der Waals surface area contributed by atoms with E-state index in [1.54, 1.807) is 0 Å². The summed E-state index contributed by atoms with van der Waals surface area (Å²) in [4.78, 5) is 38.3. The van der Waals surface area contributed by atoms with Gasteiger partial charge < -0.3 is 14.2 Å². The van der Waals surface area contributed by atoms with Gasteiger partial charge in [-0.25, -0.2) is 0 Å². The average Bonchev–Trinajstić information content (AvgIpc) is 3.39. The molecule has 0 aliphatic rings. The second kappa shape index (κ2) is 61.4. The second-order valence-electron chi connectivity index (χ2n) is 20.9. The second-order valence-corrected chi connectivity index (χ2v) is 20.9. The maximum absolute atomic E-state index is 12.9. The van der Waals surface area contributed by atoms with Crippen LogP contribution in [-0.2, 0) is 28.6 Å². The van der Waals surface area contributed by atoms with Gasteiger partial charge in [0.1, 0.15) is 13.2 Å². The minimum Gasteiger partial charge on any atom is -0.462 e. The number of esters is 3. The van der Waals surface area contributed by atoms with Gasteiger partial charge in [0.05, 0.1) is 0 Å². The van der Waals surface area contributed by atoms with Gasteiger partial charge in [0.2, 0.25) is 0 Å². The molecule has 0 fully saturated rings. The van der Waals surface area contributed by atoms with Crippen LogP contribution in [0, 0.1) is 0 Å². The summed E-state index contributed by atoms with van der Waals surface area (Å²) in [6, 6.07) is 0. The van der Waals surface area contributed by atoms with Gasteiger partial charge in [-0.2, -0.15) is 0 Å². The number of unbranched alkanes of at least 4 members (excludes halogenated alkanes) is 34. The third-order valence-corrected chi connectivity index (χ3v) is 13.7. The fourth-order valence-corrected chi connectivity index (χ4v) is 8.95. The number of allylic oxidation sites excluding steroid dienone is 12. The van der Waals surface area contributed by atoms with E-state index in [9.17, 15) is 14.4 Å². The molecule has 0 radical (unpaired) electrons. The smallest absolute Gasteiger partial charge is 0.306 e. The predicted molar refractivity (Wildman–Crippen MR) is 316 cm³/mol. The van der Waals surface area contributed by atoms with Crippen molar-refractivity contribution >= 4 is 17.9 Å². The van der Waals surface area contributed by atoms with Crippen LogP contribution in [0.3, 0.4) is 0 Å². The van der Waals surface area contributed by atoms with Crippen molar-refractivity contribution in [2.45, 2.75) is 322 Å². The molecule has 0 aliphatic carbocycles. The Bertz CT molecular complexity index is 1360. The zero-order valence-corrected chi connectivity index (χ0v) is 48.4. The van der Waals surface area contributed by atoms with Crippen LogP contribution in [-0.4, -0.2) is 37.2 Å². The number of rotatable bonds is 57. The van der Waals surface area contributed by atoms with Crippen molar-refractivity contribution in [2.75, 3.05) is 13.2 Å². The van der Waals surface area contributed by atoms with Crippen molar-refractivity contribution in [3.05, 3.63) is 72.9 Å². The van der Waals surface area contributed by atoms with E-state index in [0.717, 1.165) is 89.9 Å². The Morgan fingerprint density at radius 3 is 0.849 bits per heavy atom. The molecule has 0 N–H and O–H groups in total. The Labute approximate surface area is 453 Å². The molecule has 6 heteroatoms. The Balaban J connectivity index is 4.41. The SMILES string of the molecule is CC/C=C\C/C=C\C/C=C\C/C=C\CCCCCCCCC(=O)OCC(COC(=O)CCCCCCCCC/C=C\CCCCCCCC)OC(=O)CCCCCCCCC/C=C\CCCCCCCCCC. The molecule has 0 aromatic carbocycles. The first-order valence-corrected chi connectivity index (χ1v) is 31.4. The first kappa shape index (κ1) is 69.8. The number of hydrogen-bond donors (Lipinski definition) is 0. The molecular weight excluding hydrogens is 901 g/mol.